The number of benzene rings is 1. The molecule has 158 valence electrons. The van der Waals surface area contributed by atoms with Gasteiger partial charge in [0.05, 0.1) is 12.2 Å². The topological polar surface area (TPSA) is 92.9 Å². The van der Waals surface area contributed by atoms with Crippen LogP contribution in [-0.4, -0.2) is 33.3 Å². The summed E-state index contributed by atoms with van der Waals surface area (Å²) in [6.07, 6.45) is 3.27. The van der Waals surface area contributed by atoms with Crippen LogP contribution in [-0.2, 0) is 16.1 Å². The third-order valence-corrected chi connectivity index (χ3v) is 5.09. The zero-order valence-corrected chi connectivity index (χ0v) is 17.2. The predicted molar refractivity (Wildman–Crippen MR) is 113 cm³/mol. The van der Waals surface area contributed by atoms with Crippen LogP contribution >= 0.6 is 0 Å². The van der Waals surface area contributed by atoms with Crippen LogP contribution in [0, 0.1) is 6.92 Å². The number of aliphatic hydroxyl groups is 1. The second kappa shape index (κ2) is 8.47. The zero-order chi connectivity index (χ0) is 22.0. The van der Waals surface area contributed by atoms with Crippen molar-refractivity contribution in [3.63, 3.8) is 0 Å². The molecule has 1 saturated heterocycles. The number of carbonyl (C=O) groups excluding carboxylic acids is 2. The fourth-order valence-corrected chi connectivity index (χ4v) is 3.66. The molecule has 0 spiro atoms. The maximum absolute atomic E-state index is 13.0. The number of rotatable bonds is 6. The first kappa shape index (κ1) is 20.4. The Morgan fingerprint density at radius 1 is 1.16 bits per heavy atom. The summed E-state index contributed by atoms with van der Waals surface area (Å²) < 4.78 is 11.2. The number of ether oxygens (including phenoxy) is 1. The molecule has 1 N–H and O–H groups in total. The van der Waals surface area contributed by atoms with Crippen LogP contribution < -0.4 is 4.74 Å². The molecule has 1 amide bonds. The molecule has 1 fully saturated rings. The lowest BCUT2D eigenvalue weighted by Gasteiger charge is -2.23. The minimum absolute atomic E-state index is 0.00704. The summed E-state index contributed by atoms with van der Waals surface area (Å²) >= 11 is 0. The van der Waals surface area contributed by atoms with E-state index < -0.39 is 17.7 Å². The number of pyridine rings is 1. The molecule has 7 nitrogen and oxygen atoms in total. The average Bonchev–Trinajstić information content (AvgIpc) is 3.31. The van der Waals surface area contributed by atoms with Gasteiger partial charge in [-0.25, -0.2) is 0 Å². The molecule has 4 rings (SSSR count). The van der Waals surface area contributed by atoms with Crippen LogP contribution in [0.4, 0.5) is 0 Å². The minimum Gasteiger partial charge on any atom is -0.507 e. The third kappa shape index (κ3) is 3.94. The number of aliphatic hydroxyl groups excluding tert-OH is 1. The molecule has 1 unspecified atom stereocenters. The molecule has 7 heteroatoms. The second-order valence-electron chi connectivity index (χ2n) is 7.19. The van der Waals surface area contributed by atoms with Gasteiger partial charge in [-0.15, -0.1) is 0 Å². The van der Waals surface area contributed by atoms with Crippen LogP contribution in [0.5, 0.6) is 5.75 Å². The van der Waals surface area contributed by atoms with Crippen molar-refractivity contribution in [2.75, 3.05) is 6.61 Å². The summed E-state index contributed by atoms with van der Waals surface area (Å²) in [6.45, 7) is 4.33. The molecule has 0 radical (unpaired) electrons. The molecule has 1 aliphatic heterocycles. The summed E-state index contributed by atoms with van der Waals surface area (Å²) in [7, 11) is 0. The lowest BCUT2D eigenvalue weighted by molar-refractivity contribution is -0.140. The smallest absolute Gasteiger partial charge is 0.296 e. The van der Waals surface area contributed by atoms with E-state index in [1.165, 1.54) is 4.90 Å². The molecule has 0 saturated carbocycles. The van der Waals surface area contributed by atoms with E-state index in [1.54, 1.807) is 61.8 Å². The first-order valence-corrected chi connectivity index (χ1v) is 9.96. The van der Waals surface area contributed by atoms with Crippen molar-refractivity contribution in [2.45, 2.75) is 26.4 Å². The average molecular weight is 418 g/mol. The van der Waals surface area contributed by atoms with Crippen LogP contribution in [0.3, 0.4) is 0 Å². The van der Waals surface area contributed by atoms with Crippen molar-refractivity contribution in [2.24, 2.45) is 0 Å². The maximum Gasteiger partial charge on any atom is 0.296 e. The van der Waals surface area contributed by atoms with E-state index in [0.717, 1.165) is 5.56 Å². The van der Waals surface area contributed by atoms with E-state index in [0.29, 0.717) is 29.4 Å². The molecule has 1 aliphatic rings. The van der Waals surface area contributed by atoms with Gasteiger partial charge in [0.25, 0.3) is 11.7 Å². The Hall–Kier alpha value is -3.87. The minimum atomic E-state index is -0.847. The van der Waals surface area contributed by atoms with Crippen molar-refractivity contribution >= 4 is 17.4 Å². The van der Waals surface area contributed by atoms with Crippen molar-refractivity contribution in [3.05, 3.63) is 89.1 Å². The molecule has 2 aromatic heterocycles. The first-order valence-electron chi connectivity index (χ1n) is 9.96. The van der Waals surface area contributed by atoms with Crippen molar-refractivity contribution < 1.29 is 23.8 Å². The first-order chi connectivity index (χ1) is 15.0. The Morgan fingerprint density at radius 3 is 2.55 bits per heavy atom. The maximum atomic E-state index is 13.0. The van der Waals surface area contributed by atoms with E-state index in [1.807, 2.05) is 13.0 Å². The summed E-state index contributed by atoms with van der Waals surface area (Å²) in [6, 6.07) is 12.9. The van der Waals surface area contributed by atoms with Crippen LogP contribution in [0.2, 0.25) is 0 Å². The molecule has 3 heterocycles. The van der Waals surface area contributed by atoms with E-state index in [2.05, 4.69) is 4.98 Å². The van der Waals surface area contributed by atoms with Crippen molar-refractivity contribution in [1.29, 1.82) is 0 Å². The van der Waals surface area contributed by atoms with Gasteiger partial charge in [0.1, 0.15) is 29.1 Å². The monoisotopic (exact) mass is 418 g/mol. The zero-order valence-electron chi connectivity index (χ0n) is 17.2. The fraction of sp³-hybridized carbons (Fsp3) is 0.208. The van der Waals surface area contributed by atoms with Gasteiger partial charge in [-0.2, -0.15) is 0 Å². The second-order valence-corrected chi connectivity index (χ2v) is 7.19. The standard InChI is InChI=1S/C24H22N2O5/c1-3-30-18-9-7-17(8-10-18)22(27)20-21(19-11-6-15(2)31-19)26(24(29)23(20)28)14-16-5-4-12-25-13-16/h4-13,21,27H,3,14H2,1-2H3/b22-20-. The molecular weight excluding hydrogens is 396 g/mol. The van der Waals surface area contributed by atoms with Crippen molar-refractivity contribution in [1.82, 2.24) is 9.88 Å². The van der Waals surface area contributed by atoms with E-state index in [-0.39, 0.29) is 17.9 Å². The number of likely N-dealkylation sites (tertiary alicyclic amines) is 1. The van der Waals surface area contributed by atoms with Gasteiger partial charge in [-0.05, 0) is 61.9 Å². The SMILES string of the molecule is CCOc1ccc(/C(O)=C2/C(=O)C(=O)N(Cc3cccnc3)C2c2ccc(C)o2)cc1. The van der Waals surface area contributed by atoms with Crippen LogP contribution in [0.25, 0.3) is 5.76 Å². The summed E-state index contributed by atoms with van der Waals surface area (Å²) in [5.41, 5.74) is 1.17. The number of nitrogens with zero attached hydrogens (tertiary/aromatic N) is 2. The molecule has 0 aliphatic carbocycles. The van der Waals surface area contributed by atoms with Gasteiger partial charge in [-0.1, -0.05) is 6.07 Å². The molecule has 1 atom stereocenters. The Balaban J connectivity index is 1.80. The summed E-state index contributed by atoms with van der Waals surface area (Å²) in [4.78, 5) is 31.4. The van der Waals surface area contributed by atoms with Crippen LogP contribution in [0.1, 0.15) is 35.6 Å². The highest BCUT2D eigenvalue weighted by Gasteiger charge is 2.47. The van der Waals surface area contributed by atoms with E-state index in [4.69, 9.17) is 9.15 Å². The largest absolute Gasteiger partial charge is 0.507 e. The number of ketones is 1. The molecule has 31 heavy (non-hydrogen) atoms. The highest BCUT2D eigenvalue weighted by atomic mass is 16.5. The van der Waals surface area contributed by atoms with E-state index >= 15 is 0 Å². The van der Waals surface area contributed by atoms with Gasteiger partial charge in [0.15, 0.2) is 0 Å². The number of amides is 1. The number of aromatic nitrogens is 1. The van der Waals surface area contributed by atoms with E-state index in [9.17, 15) is 14.7 Å². The number of Topliss-reactive ketones (excluding diaryl/α,β-unsaturated/α-hetero) is 1. The number of carbonyl (C=O) groups is 2. The number of furan rings is 1. The molecular formula is C24H22N2O5. The van der Waals surface area contributed by atoms with Gasteiger partial charge in [-0.3, -0.25) is 14.6 Å². The fourth-order valence-electron chi connectivity index (χ4n) is 3.66. The summed E-state index contributed by atoms with van der Waals surface area (Å²) in [5, 5.41) is 11.0. The molecule has 3 aromatic rings. The Morgan fingerprint density at radius 2 is 1.94 bits per heavy atom. The quantitative estimate of drug-likeness (QED) is 0.369. The normalized spacial score (nSPS) is 17.9. The van der Waals surface area contributed by atoms with Gasteiger partial charge in [0.2, 0.25) is 0 Å². The Bertz CT molecular complexity index is 1130. The van der Waals surface area contributed by atoms with Gasteiger partial charge >= 0.3 is 0 Å². The molecule has 0 bridgehead atoms. The Labute approximate surface area is 179 Å². The number of hydrogen-bond donors (Lipinski definition) is 1. The third-order valence-electron chi connectivity index (χ3n) is 5.09. The van der Waals surface area contributed by atoms with Gasteiger partial charge in [0, 0.05) is 24.5 Å². The molecule has 1 aromatic carbocycles. The van der Waals surface area contributed by atoms with Gasteiger partial charge < -0.3 is 19.2 Å². The summed E-state index contributed by atoms with van der Waals surface area (Å²) in [5.74, 6) is -0.00995. The van der Waals surface area contributed by atoms with Crippen molar-refractivity contribution in [3.8, 4) is 5.75 Å². The Kier molecular flexibility index (Phi) is 5.58. The lowest BCUT2D eigenvalue weighted by Crippen LogP contribution is -2.29. The van der Waals surface area contributed by atoms with Crippen LogP contribution in [0.15, 0.2) is 70.9 Å². The predicted octanol–water partition coefficient (Wildman–Crippen LogP) is 4.00. The highest BCUT2D eigenvalue weighted by Crippen LogP contribution is 2.40. The lowest BCUT2D eigenvalue weighted by atomic mass is 9.99. The highest BCUT2D eigenvalue weighted by molar-refractivity contribution is 6.46. The number of hydrogen-bond acceptors (Lipinski definition) is 6. The number of aryl methyl sites for hydroxylation is 1.